The first-order valence-electron chi connectivity index (χ1n) is 11.4. The lowest BCUT2D eigenvalue weighted by Gasteiger charge is -2.33. The molecule has 1 N–H and O–H groups in total. The average Bonchev–Trinajstić information content (AvgIpc) is 2.65. The Kier molecular flexibility index (Phi) is 17.5. The van der Waals surface area contributed by atoms with Crippen molar-refractivity contribution >= 4 is 5.97 Å². The Morgan fingerprint density at radius 1 is 0.778 bits per heavy atom. The van der Waals surface area contributed by atoms with E-state index in [0.29, 0.717) is 0 Å². The first-order chi connectivity index (χ1) is 13.1. The second-order valence-electron chi connectivity index (χ2n) is 7.57. The van der Waals surface area contributed by atoms with Crippen molar-refractivity contribution < 1.29 is 9.90 Å². The molecule has 0 saturated carbocycles. The van der Waals surface area contributed by atoms with E-state index in [1.54, 1.807) is 0 Å². The Morgan fingerprint density at radius 2 is 1.22 bits per heavy atom. The third kappa shape index (κ3) is 13.7. The highest BCUT2D eigenvalue weighted by molar-refractivity contribution is 5.69. The van der Waals surface area contributed by atoms with E-state index in [1.165, 1.54) is 51.4 Å². The van der Waals surface area contributed by atoms with Crippen LogP contribution in [0.2, 0.25) is 0 Å². The zero-order valence-electron chi connectivity index (χ0n) is 18.5. The van der Waals surface area contributed by atoms with E-state index in [4.69, 9.17) is 0 Å². The number of carboxylic acid groups (broad SMARTS) is 1. The van der Waals surface area contributed by atoms with Gasteiger partial charge in [-0.15, -0.1) is 0 Å². The van der Waals surface area contributed by atoms with Gasteiger partial charge in [0.05, 0.1) is 6.54 Å². The number of allylic oxidation sites excluding steroid dienone is 2. The van der Waals surface area contributed by atoms with Crippen molar-refractivity contribution in [2.75, 3.05) is 6.54 Å². The molecule has 0 aromatic carbocycles. The zero-order valence-corrected chi connectivity index (χ0v) is 18.5. The van der Waals surface area contributed by atoms with Crippen molar-refractivity contribution in [2.24, 2.45) is 0 Å². The smallest absolute Gasteiger partial charge is 0.317 e. The van der Waals surface area contributed by atoms with Crippen LogP contribution in [-0.4, -0.2) is 34.6 Å². The summed E-state index contributed by atoms with van der Waals surface area (Å²) < 4.78 is 0. The molecule has 0 aromatic heterocycles. The van der Waals surface area contributed by atoms with Crippen LogP contribution in [0.15, 0.2) is 24.3 Å². The molecule has 0 fully saturated rings. The summed E-state index contributed by atoms with van der Waals surface area (Å²) in [6.07, 6.45) is 23.3. The average molecular weight is 380 g/mol. The fourth-order valence-electron chi connectivity index (χ4n) is 3.48. The highest BCUT2D eigenvalue weighted by atomic mass is 16.4. The molecule has 0 heterocycles. The van der Waals surface area contributed by atoms with Gasteiger partial charge in [-0.3, -0.25) is 9.69 Å². The first-order valence-corrected chi connectivity index (χ1v) is 11.4. The van der Waals surface area contributed by atoms with Crippen LogP contribution in [0.4, 0.5) is 0 Å². The zero-order chi connectivity index (χ0) is 20.3. The van der Waals surface area contributed by atoms with Gasteiger partial charge in [0.2, 0.25) is 0 Å². The molecule has 0 aliphatic heterocycles. The van der Waals surface area contributed by atoms with Crippen LogP contribution >= 0.6 is 0 Å². The Balaban J connectivity index is 4.81. The van der Waals surface area contributed by atoms with E-state index in [2.05, 4.69) is 56.9 Å². The molecule has 158 valence electrons. The molecule has 0 bridgehead atoms. The number of carbonyl (C=O) groups is 1. The Morgan fingerprint density at radius 3 is 1.56 bits per heavy atom. The van der Waals surface area contributed by atoms with Gasteiger partial charge in [0.15, 0.2) is 0 Å². The van der Waals surface area contributed by atoms with E-state index in [0.717, 1.165) is 25.7 Å². The van der Waals surface area contributed by atoms with Crippen LogP contribution in [0.3, 0.4) is 0 Å². The number of carboxylic acids is 1. The minimum atomic E-state index is -0.736. The van der Waals surface area contributed by atoms with E-state index in [-0.39, 0.29) is 18.6 Å². The van der Waals surface area contributed by atoms with Crippen molar-refractivity contribution in [3.05, 3.63) is 24.3 Å². The van der Waals surface area contributed by atoms with Crippen LogP contribution in [-0.2, 0) is 4.79 Å². The van der Waals surface area contributed by atoms with E-state index >= 15 is 0 Å². The number of rotatable bonds is 18. The number of unbranched alkanes of at least 4 members (excludes halogenated alkanes) is 8. The van der Waals surface area contributed by atoms with Crippen LogP contribution in [0.25, 0.3) is 0 Å². The molecule has 0 aliphatic carbocycles. The van der Waals surface area contributed by atoms with E-state index < -0.39 is 5.97 Å². The van der Waals surface area contributed by atoms with Gasteiger partial charge in [0, 0.05) is 12.1 Å². The third-order valence-corrected chi connectivity index (χ3v) is 5.17. The van der Waals surface area contributed by atoms with Gasteiger partial charge in [-0.25, -0.2) is 0 Å². The molecule has 27 heavy (non-hydrogen) atoms. The maximum atomic E-state index is 11.5. The number of aliphatic carboxylic acids is 1. The summed E-state index contributed by atoms with van der Waals surface area (Å²) in [5, 5.41) is 9.42. The Bertz CT molecular complexity index is 373. The third-order valence-electron chi connectivity index (χ3n) is 5.17. The van der Waals surface area contributed by atoms with Crippen molar-refractivity contribution in [1.82, 2.24) is 4.90 Å². The summed E-state index contributed by atoms with van der Waals surface area (Å²) >= 11 is 0. The van der Waals surface area contributed by atoms with Gasteiger partial charge in [0.1, 0.15) is 0 Å². The predicted octanol–water partition coefficient (Wildman–Crippen LogP) is 6.98. The second-order valence-corrected chi connectivity index (χ2v) is 7.57. The summed E-state index contributed by atoms with van der Waals surface area (Å²) in [6, 6.07) is 0.393. The molecule has 0 aliphatic rings. The summed E-state index contributed by atoms with van der Waals surface area (Å²) in [6.45, 7) is 8.88. The number of hydrogen-bond donors (Lipinski definition) is 1. The summed E-state index contributed by atoms with van der Waals surface area (Å²) in [4.78, 5) is 13.6. The molecular formula is C24H45NO2. The summed E-state index contributed by atoms with van der Waals surface area (Å²) in [7, 11) is 0. The topological polar surface area (TPSA) is 40.5 Å². The fraction of sp³-hybridized carbons (Fsp3) is 0.792. The van der Waals surface area contributed by atoms with Crippen LogP contribution in [0.5, 0.6) is 0 Å². The number of hydrogen-bond acceptors (Lipinski definition) is 2. The summed E-state index contributed by atoms with van der Waals surface area (Å²) in [5.74, 6) is -0.736. The lowest BCUT2D eigenvalue weighted by atomic mass is 10.0. The van der Waals surface area contributed by atoms with Crippen molar-refractivity contribution in [3.8, 4) is 0 Å². The Hall–Kier alpha value is -1.09. The van der Waals surface area contributed by atoms with Gasteiger partial charge in [-0.05, 0) is 38.5 Å². The molecule has 3 heteroatoms. The lowest BCUT2D eigenvalue weighted by Crippen LogP contribution is -2.44. The molecule has 0 spiro atoms. The summed E-state index contributed by atoms with van der Waals surface area (Å²) in [5.41, 5.74) is 0. The molecule has 2 unspecified atom stereocenters. The normalized spacial score (nSPS) is 14.4. The van der Waals surface area contributed by atoms with Gasteiger partial charge in [-0.1, -0.05) is 90.5 Å². The predicted molar refractivity (Wildman–Crippen MR) is 118 cm³/mol. The largest absolute Gasteiger partial charge is 0.480 e. The van der Waals surface area contributed by atoms with E-state index in [9.17, 15) is 9.90 Å². The van der Waals surface area contributed by atoms with Crippen molar-refractivity contribution in [1.29, 1.82) is 0 Å². The molecule has 0 amide bonds. The lowest BCUT2D eigenvalue weighted by molar-refractivity contribution is -0.139. The molecule has 0 aromatic rings. The second kappa shape index (κ2) is 18.3. The fourth-order valence-corrected chi connectivity index (χ4v) is 3.48. The quantitative estimate of drug-likeness (QED) is 0.206. The molecule has 0 radical (unpaired) electrons. The van der Waals surface area contributed by atoms with Crippen molar-refractivity contribution in [3.63, 3.8) is 0 Å². The minimum absolute atomic E-state index is 0.108. The Labute approximate surface area is 168 Å². The minimum Gasteiger partial charge on any atom is -0.480 e. The van der Waals surface area contributed by atoms with Crippen LogP contribution in [0, 0.1) is 0 Å². The van der Waals surface area contributed by atoms with Gasteiger partial charge >= 0.3 is 5.97 Å². The standard InChI is InChI=1S/C24H45NO2/c1-5-9-11-13-15-17-19-22(7-3)25(21-24(26)27)23(8-4)20-18-16-14-12-10-6-2/h17-20,22-23H,5-16,21H2,1-4H3,(H,26,27)/b19-17+,20-18+. The van der Waals surface area contributed by atoms with Gasteiger partial charge < -0.3 is 5.11 Å². The van der Waals surface area contributed by atoms with Crippen molar-refractivity contribution in [2.45, 2.75) is 117 Å². The molecule has 0 rings (SSSR count). The number of nitrogens with zero attached hydrogens (tertiary/aromatic N) is 1. The van der Waals surface area contributed by atoms with Crippen LogP contribution < -0.4 is 0 Å². The SMILES string of the molecule is CCCCCC/C=C/C(CC)N(CC(=O)O)C(/C=C/CCCCCC)CC. The highest BCUT2D eigenvalue weighted by Gasteiger charge is 2.23. The highest BCUT2D eigenvalue weighted by Crippen LogP contribution is 2.16. The molecule has 2 atom stereocenters. The maximum absolute atomic E-state index is 11.5. The molecule has 3 nitrogen and oxygen atoms in total. The molecule has 0 saturated heterocycles. The van der Waals surface area contributed by atoms with Gasteiger partial charge in [0.25, 0.3) is 0 Å². The van der Waals surface area contributed by atoms with Gasteiger partial charge in [-0.2, -0.15) is 0 Å². The van der Waals surface area contributed by atoms with E-state index in [1.807, 2.05) is 0 Å². The monoisotopic (exact) mass is 379 g/mol. The van der Waals surface area contributed by atoms with Crippen LogP contribution in [0.1, 0.15) is 105 Å². The first kappa shape index (κ1) is 25.9. The molecular weight excluding hydrogens is 334 g/mol. The maximum Gasteiger partial charge on any atom is 0.317 e.